The molecule has 0 fully saturated rings. The zero-order chi connectivity index (χ0) is 17.8. The normalized spacial score (nSPS) is 11.1. The molecule has 0 aliphatic carbocycles. The van der Waals surface area contributed by atoms with Gasteiger partial charge in [0.25, 0.3) is 0 Å². The molecule has 0 radical (unpaired) electrons. The Morgan fingerprint density at radius 2 is 2.04 bits per heavy atom. The number of hydrogen-bond acceptors (Lipinski definition) is 5. The van der Waals surface area contributed by atoms with E-state index in [9.17, 15) is 4.79 Å². The molecule has 0 aromatic heterocycles. The van der Waals surface area contributed by atoms with Crippen molar-refractivity contribution in [3.05, 3.63) is 42.0 Å². The lowest BCUT2D eigenvalue weighted by atomic mass is 10.2. The van der Waals surface area contributed by atoms with Crippen LogP contribution in [0.5, 0.6) is 5.75 Å². The summed E-state index contributed by atoms with van der Waals surface area (Å²) in [5, 5.41) is 14.4. The highest BCUT2D eigenvalue weighted by atomic mass is 16.6. The van der Waals surface area contributed by atoms with Gasteiger partial charge < -0.3 is 20.1 Å². The van der Waals surface area contributed by atoms with Crippen molar-refractivity contribution in [2.24, 2.45) is 0 Å². The van der Waals surface area contributed by atoms with Crippen LogP contribution in [0.25, 0.3) is 0 Å². The van der Waals surface area contributed by atoms with Crippen molar-refractivity contribution in [3.63, 3.8) is 0 Å². The summed E-state index contributed by atoms with van der Waals surface area (Å²) in [4.78, 5) is 11.4. The van der Waals surface area contributed by atoms with Crippen molar-refractivity contribution in [3.8, 4) is 11.8 Å². The Balaban J connectivity index is 2.19. The van der Waals surface area contributed by atoms with E-state index in [4.69, 9.17) is 14.7 Å². The second-order valence-corrected chi connectivity index (χ2v) is 6.08. The predicted molar refractivity (Wildman–Crippen MR) is 92.6 cm³/mol. The molecule has 0 saturated carbocycles. The van der Waals surface area contributed by atoms with Gasteiger partial charge in [-0.05, 0) is 38.5 Å². The minimum absolute atomic E-state index is 0.0459. The van der Waals surface area contributed by atoms with E-state index in [-0.39, 0.29) is 6.61 Å². The third kappa shape index (κ3) is 9.49. The lowest BCUT2D eigenvalue weighted by molar-refractivity contribution is 0.0534. The van der Waals surface area contributed by atoms with Crippen molar-refractivity contribution < 1.29 is 14.3 Å². The standard InChI is InChI=1S/C18H25N3O3/c1-18(2,3)24-17(22)21-11-5-4-10-20-14-15-7-6-8-16(13-15)23-12-9-19/h4-8,13,20H,10-12,14H2,1-3H3,(H,21,22)/b5-4+. The SMILES string of the molecule is CC(C)(C)OC(=O)NC/C=C/CNCc1cccc(OCC#N)c1. The fourth-order valence-electron chi connectivity index (χ4n) is 1.78. The highest BCUT2D eigenvalue weighted by molar-refractivity contribution is 5.67. The first kappa shape index (κ1) is 19.5. The van der Waals surface area contributed by atoms with Gasteiger partial charge in [0.15, 0.2) is 6.61 Å². The minimum Gasteiger partial charge on any atom is -0.479 e. The van der Waals surface area contributed by atoms with Gasteiger partial charge in [-0.1, -0.05) is 24.3 Å². The maximum atomic E-state index is 11.4. The average molecular weight is 331 g/mol. The van der Waals surface area contributed by atoms with Crippen molar-refractivity contribution in [2.45, 2.75) is 32.9 Å². The first-order chi connectivity index (χ1) is 11.4. The van der Waals surface area contributed by atoms with Crippen LogP contribution in [0.2, 0.25) is 0 Å². The third-order valence-electron chi connectivity index (χ3n) is 2.72. The average Bonchev–Trinajstić information content (AvgIpc) is 2.50. The van der Waals surface area contributed by atoms with Crippen molar-refractivity contribution >= 4 is 6.09 Å². The molecular formula is C18H25N3O3. The molecule has 0 heterocycles. The molecule has 0 atom stereocenters. The Kier molecular flexibility index (Phi) is 8.37. The minimum atomic E-state index is -0.485. The molecule has 24 heavy (non-hydrogen) atoms. The number of hydrogen-bond donors (Lipinski definition) is 2. The van der Waals surface area contributed by atoms with Crippen LogP contribution >= 0.6 is 0 Å². The summed E-state index contributed by atoms with van der Waals surface area (Å²) in [6, 6.07) is 9.54. The second kappa shape index (κ2) is 10.3. The van der Waals surface area contributed by atoms with Crippen LogP contribution in [0.3, 0.4) is 0 Å². The number of carbonyl (C=O) groups excluding carboxylic acids is 1. The second-order valence-electron chi connectivity index (χ2n) is 6.08. The van der Waals surface area contributed by atoms with E-state index in [1.807, 2.05) is 63.3 Å². The van der Waals surface area contributed by atoms with Crippen LogP contribution < -0.4 is 15.4 Å². The molecule has 1 rings (SSSR count). The first-order valence-corrected chi connectivity index (χ1v) is 7.82. The number of carbonyl (C=O) groups is 1. The summed E-state index contributed by atoms with van der Waals surface area (Å²) in [5.74, 6) is 0.688. The summed E-state index contributed by atoms with van der Waals surface area (Å²) < 4.78 is 10.4. The van der Waals surface area contributed by atoms with Gasteiger partial charge in [-0.25, -0.2) is 4.79 Å². The van der Waals surface area contributed by atoms with Crippen LogP contribution in [0.15, 0.2) is 36.4 Å². The molecule has 0 aliphatic heterocycles. The lowest BCUT2D eigenvalue weighted by Gasteiger charge is -2.19. The third-order valence-corrected chi connectivity index (χ3v) is 2.72. The van der Waals surface area contributed by atoms with E-state index in [2.05, 4.69) is 10.6 Å². The molecule has 6 heteroatoms. The number of benzene rings is 1. The zero-order valence-electron chi connectivity index (χ0n) is 14.5. The van der Waals surface area contributed by atoms with Crippen molar-refractivity contribution in [1.29, 1.82) is 5.26 Å². The van der Waals surface area contributed by atoms with Crippen LogP contribution in [0.1, 0.15) is 26.3 Å². The van der Waals surface area contributed by atoms with Gasteiger partial charge in [-0.2, -0.15) is 5.26 Å². The Hall–Kier alpha value is -2.52. The Morgan fingerprint density at radius 3 is 2.75 bits per heavy atom. The first-order valence-electron chi connectivity index (χ1n) is 7.82. The molecule has 0 spiro atoms. The fraction of sp³-hybridized carbons (Fsp3) is 0.444. The van der Waals surface area contributed by atoms with Crippen molar-refractivity contribution in [1.82, 2.24) is 10.6 Å². The van der Waals surface area contributed by atoms with Gasteiger partial charge in [-0.3, -0.25) is 0 Å². The molecule has 130 valence electrons. The van der Waals surface area contributed by atoms with Crippen molar-refractivity contribution in [2.75, 3.05) is 19.7 Å². The molecule has 0 unspecified atom stereocenters. The summed E-state index contributed by atoms with van der Waals surface area (Å²) in [6.45, 7) is 7.32. The van der Waals surface area contributed by atoms with E-state index in [0.717, 1.165) is 5.56 Å². The Morgan fingerprint density at radius 1 is 1.29 bits per heavy atom. The molecule has 1 amide bonds. The van der Waals surface area contributed by atoms with Gasteiger partial charge in [0.2, 0.25) is 0 Å². The highest BCUT2D eigenvalue weighted by Gasteiger charge is 2.14. The molecule has 2 N–H and O–H groups in total. The summed E-state index contributed by atoms with van der Waals surface area (Å²) in [6.07, 6.45) is 3.38. The van der Waals surface area contributed by atoms with E-state index in [1.54, 1.807) is 0 Å². The molecule has 1 aromatic carbocycles. The molecule has 0 bridgehead atoms. The molecule has 0 saturated heterocycles. The quantitative estimate of drug-likeness (QED) is 0.565. The molecule has 0 aliphatic rings. The monoisotopic (exact) mass is 331 g/mol. The molecular weight excluding hydrogens is 306 g/mol. The van der Waals surface area contributed by atoms with E-state index in [1.165, 1.54) is 0 Å². The van der Waals surface area contributed by atoms with Gasteiger partial charge in [0, 0.05) is 19.6 Å². The van der Waals surface area contributed by atoms with E-state index in [0.29, 0.717) is 25.4 Å². The number of amides is 1. The van der Waals surface area contributed by atoms with E-state index < -0.39 is 11.7 Å². The maximum Gasteiger partial charge on any atom is 0.407 e. The van der Waals surface area contributed by atoms with Gasteiger partial charge in [-0.15, -0.1) is 0 Å². The Bertz CT molecular complexity index is 586. The maximum absolute atomic E-state index is 11.4. The fourth-order valence-corrected chi connectivity index (χ4v) is 1.78. The van der Waals surface area contributed by atoms with E-state index >= 15 is 0 Å². The lowest BCUT2D eigenvalue weighted by Crippen LogP contribution is -2.32. The molecule has 6 nitrogen and oxygen atoms in total. The van der Waals surface area contributed by atoms with Gasteiger partial charge in [0.05, 0.1) is 0 Å². The van der Waals surface area contributed by atoms with Gasteiger partial charge >= 0.3 is 6.09 Å². The predicted octanol–water partition coefficient (Wildman–Crippen LogP) is 2.76. The number of alkyl carbamates (subject to hydrolysis) is 1. The van der Waals surface area contributed by atoms with Crippen LogP contribution in [0.4, 0.5) is 4.79 Å². The smallest absolute Gasteiger partial charge is 0.407 e. The largest absolute Gasteiger partial charge is 0.479 e. The summed E-state index contributed by atoms with van der Waals surface area (Å²) in [7, 11) is 0. The number of nitriles is 1. The number of nitrogens with one attached hydrogen (secondary N) is 2. The highest BCUT2D eigenvalue weighted by Crippen LogP contribution is 2.12. The van der Waals surface area contributed by atoms with Gasteiger partial charge in [0.1, 0.15) is 17.4 Å². The number of rotatable bonds is 8. The summed E-state index contributed by atoms with van der Waals surface area (Å²) in [5.41, 5.74) is 0.589. The van der Waals surface area contributed by atoms with Crippen LogP contribution in [-0.2, 0) is 11.3 Å². The molecule has 1 aromatic rings. The number of ether oxygens (including phenoxy) is 2. The summed E-state index contributed by atoms with van der Waals surface area (Å²) >= 11 is 0. The zero-order valence-corrected chi connectivity index (χ0v) is 14.5. The topological polar surface area (TPSA) is 83.4 Å². The van der Waals surface area contributed by atoms with Crippen LogP contribution in [-0.4, -0.2) is 31.4 Å². The van der Waals surface area contributed by atoms with Crippen LogP contribution in [0, 0.1) is 11.3 Å². The Labute approximate surface area is 143 Å². The number of nitrogens with zero attached hydrogens (tertiary/aromatic N) is 1.